The number of halogens is 1. The van der Waals surface area contributed by atoms with Crippen molar-refractivity contribution in [1.82, 2.24) is 4.72 Å². The van der Waals surface area contributed by atoms with Crippen LogP contribution in [0.3, 0.4) is 0 Å². The van der Waals surface area contributed by atoms with E-state index >= 15 is 0 Å². The minimum Gasteiger partial charge on any atom is -0.495 e. The molecule has 1 aromatic rings. The van der Waals surface area contributed by atoms with Crippen LogP contribution in [0.4, 0.5) is 0 Å². The predicted octanol–water partition coefficient (Wildman–Crippen LogP) is 1.26. The molecule has 0 saturated heterocycles. The van der Waals surface area contributed by atoms with Gasteiger partial charge in [0.2, 0.25) is 10.0 Å². The van der Waals surface area contributed by atoms with E-state index in [1.807, 2.05) is 0 Å². The molecule has 0 aliphatic heterocycles. The first-order valence-electron chi connectivity index (χ1n) is 3.78. The molecule has 14 heavy (non-hydrogen) atoms. The third kappa shape index (κ3) is 2.17. The molecule has 0 amide bonds. The zero-order valence-corrected chi connectivity index (χ0v) is 9.32. The zero-order valence-electron chi connectivity index (χ0n) is 7.74. The molecule has 0 bridgehead atoms. The fourth-order valence-corrected chi connectivity index (χ4v) is 2.01. The molecular weight excluding hydrogens is 226 g/mol. The van der Waals surface area contributed by atoms with E-state index in [2.05, 4.69) is 4.72 Å². The molecule has 0 radical (unpaired) electrons. The summed E-state index contributed by atoms with van der Waals surface area (Å²) in [7, 11) is -0.629. The number of hydrogen-bond acceptors (Lipinski definition) is 3. The van der Waals surface area contributed by atoms with E-state index in [4.69, 9.17) is 16.3 Å². The monoisotopic (exact) mass is 235 g/mol. The molecule has 6 heteroatoms. The van der Waals surface area contributed by atoms with E-state index in [-0.39, 0.29) is 9.92 Å². The summed E-state index contributed by atoms with van der Waals surface area (Å²) in [5, 5.41) is 0.267. The second-order valence-corrected chi connectivity index (χ2v) is 4.80. The molecule has 0 aromatic heterocycles. The fraction of sp³-hybridized carbons (Fsp3) is 0.250. The van der Waals surface area contributed by atoms with Gasteiger partial charge in [0, 0.05) is 0 Å². The third-order valence-electron chi connectivity index (χ3n) is 1.70. The Kier molecular flexibility index (Phi) is 3.36. The van der Waals surface area contributed by atoms with Gasteiger partial charge < -0.3 is 4.74 Å². The lowest BCUT2D eigenvalue weighted by Gasteiger charge is -2.05. The van der Waals surface area contributed by atoms with Gasteiger partial charge in [0.05, 0.1) is 17.0 Å². The molecule has 0 unspecified atom stereocenters. The maximum atomic E-state index is 11.3. The summed E-state index contributed by atoms with van der Waals surface area (Å²) in [5.74, 6) is 0.446. The Morgan fingerprint density at radius 1 is 1.43 bits per heavy atom. The van der Waals surface area contributed by atoms with Crippen LogP contribution in [0.5, 0.6) is 5.75 Å². The number of sulfonamides is 1. The quantitative estimate of drug-likeness (QED) is 0.858. The van der Waals surface area contributed by atoms with Crippen molar-refractivity contribution in [3.63, 3.8) is 0 Å². The van der Waals surface area contributed by atoms with Gasteiger partial charge in [-0.15, -0.1) is 0 Å². The van der Waals surface area contributed by atoms with E-state index in [1.54, 1.807) is 0 Å². The predicted molar refractivity (Wildman–Crippen MR) is 54.2 cm³/mol. The highest BCUT2D eigenvalue weighted by molar-refractivity contribution is 7.89. The van der Waals surface area contributed by atoms with Crippen molar-refractivity contribution in [3.8, 4) is 5.75 Å². The number of benzene rings is 1. The first-order chi connectivity index (χ1) is 6.51. The van der Waals surface area contributed by atoms with Crippen molar-refractivity contribution in [2.24, 2.45) is 0 Å². The van der Waals surface area contributed by atoms with Crippen molar-refractivity contribution in [3.05, 3.63) is 23.2 Å². The lowest BCUT2D eigenvalue weighted by atomic mass is 10.3. The third-order valence-corrected chi connectivity index (χ3v) is 3.41. The number of hydrogen-bond donors (Lipinski definition) is 1. The molecule has 0 heterocycles. The number of methoxy groups -OCH3 is 1. The van der Waals surface area contributed by atoms with E-state index in [1.165, 1.54) is 32.4 Å². The molecule has 0 saturated carbocycles. The normalized spacial score (nSPS) is 11.4. The van der Waals surface area contributed by atoms with E-state index in [9.17, 15) is 8.42 Å². The minimum atomic E-state index is -3.44. The highest BCUT2D eigenvalue weighted by atomic mass is 35.5. The van der Waals surface area contributed by atoms with Gasteiger partial charge in [-0.2, -0.15) is 0 Å². The average molecular weight is 236 g/mol. The van der Waals surface area contributed by atoms with Crippen LogP contribution in [0, 0.1) is 0 Å². The Morgan fingerprint density at radius 3 is 2.50 bits per heavy atom. The molecule has 0 spiro atoms. The van der Waals surface area contributed by atoms with E-state index < -0.39 is 10.0 Å². The van der Waals surface area contributed by atoms with Crippen molar-refractivity contribution in [2.75, 3.05) is 14.2 Å². The van der Waals surface area contributed by atoms with Crippen LogP contribution in [0.15, 0.2) is 23.1 Å². The molecule has 4 nitrogen and oxygen atoms in total. The highest BCUT2D eigenvalue weighted by Gasteiger charge is 2.13. The lowest BCUT2D eigenvalue weighted by Crippen LogP contribution is -2.18. The Labute approximate surface area is 87.9 Å². The highest BCUT2D eigenvalue weighted by Crippen LogP contribution is 2.26. The molecular formula is C8H10ClNO3S. The molecule has 0 aliphatic rings. The zero-order chi connectivity index (χ0) is 10.8. The molecule has 1 N–H and O–H groups in total. The summed E-state index contributed by atoms with van der Waals surface area (Å²) in [6.07, 6.45) is 0. The van der Waals surface area contributed by atoms with Gasteiger partial charge >= 0.3 is 0 Å². The van der Waals surface area contributed by atoms with Gasteiger partial charge in [-0.1, -0.05) is 11.6 Å². The van der Waals surface area contributed by atoms with Gasteiger partial charge in [-0.3, -0.25) is 0 Å². The van der Waals surface area contributed by atoms with Gasteiger partial charge in [0.15, 0.2) is 0 Å². The first kappa shape index (κ1) is 11.3. The van der Waals surface area contributed by atoms with Gasteiger partial charge in [-0.25, -0.2) is 13.1 Å². The fourth-order valence-electron chi connectivity index (χ4n) is 0.932. The average Bonchev–Trinajstić information content (AvgIpc) is 2.17. The Hall–Kier alpha value is -0.780. The first-order valence-corrected chi connectivity index (χ1v) is 5.64. The molecule has 78 valence electrons. The summed E-state index contributed by atoms with van der Waals surface area (Å²) in [4.78, 5) is 0.116. The Bertz CT molecular complexity index is 430. The molecule has 0 aliphatic carbocycles. The second-order valence-electron chi connectivity index (χ2n) is 2.50. The van der Waals surface area contributed by atoms with Crippen molar-refractivity contribution < 1.29 is 13.2 Å². The lowest BCUT2D eigenvalue weighted by molar-refractivity contribution is 0.414. The van der Waals surface area contributed by atoms with Crippen LogP contribution in [-0.2, 0) is 10.0 Å². The molecule has 0 fully saturated rings. The van der Waals surface area contributed by atoms with E-state index in [0.717, 1.165) is 0 Å². The van der Waals surface area contributed by atoms with Crippen LogP contribution < -0.4 is 9.46 Å². The van der Waals surface area contributed by atoms with Crippen LogP contribution in [-0.4, -0.2) is 22.6 Å². The largest absolute Gasteiger partial charge is 0.495 e. The van der Waals surface area contributed by atoms with Crippen LogP contribution in [0.25, 0.3) is 0 Å². The molecule has 0 atom stereocenters. The second kappa shape index (κ2) is 4.16. The van der Waals surface area contributed by atoms with Gasteiger partial charge in [0.1, 0.15) is 5.75 Å². The smallest absolute Gasteiger partial charge is 0.240 e. The summed E-state index contributed by atoms with van der Waals surface area (Å²) < 4.78 is 29.8. The number of ether oxygens (including phenoxy) is 1. The summed E-state index contributed by atoms with van der Waals surface area (Å²) in [5.41, 5.74) is 0. The summed E-state index contributed by atoms with van der Waals surface area (Å²) in [6, 6.07) is 4.27. The van der Waals surface area contributed by atoms with Gasteiger partial charge in [0.25, 0.3) is 0 Å². The minimum absolute atomic E-state index is 0.116. The van der Waals surface area contributed by atoms with Gasteiger partial charge in [-0.05, 0) is 25.2 Å². The SMILES string of the molecule is CNS(=O)(=O)c1ccc(OC)c(Cl)c1. The summed E-state index contributed by atoms with van der Waals surface area (Å²) >= 11 is 5.78. The van der Waals surface area contributed by atoms with Crippen LogP contribution in [0.2, 0.25) is 5.02 Å². The molecule has 1 aromatic carbocycles. The maximum Gasteiger partial charge on any atom is 0.240 e. The van der Waals surface area contributed by atoms with Crippen LogP contribution in [0.1, 0.15) is 0 Å². The van der Waals surface area contributed by atoms with Crippen molar-refractivity contribution >= 4 is 21.6 Å². The maximum absolute atomic E-state index is 11.3. The summed E-state index contributed by atoms with van der Waals surface area (Å²) in [6.45, 7) is 0. The van der Waals surface area contributed by atoms with Crippen LogP contribution >= 0.6 is 11.6 Å². The number of rotatable bonds is 3. The Balaban J connectivity index is 3.22. The number of nitrogens with one attached hydrogen (secondary N) is 1. The topological polar surface area (TPSA) is 55.4 Å². The van der Waals surface area contributed by atoms with Crippen molar-refractivity contribution in [2.45, 2.75) is 4.90 Å². The molecule has 1 rings (SSSR count). The Morgan fingerprint density at radius 2 is 2.07 bits per heavy atom. The van der Waals surface area contributed by atoms with E-state index in [0.29, 0.717) is 5.75 Å². The standard InChI is InChI=1S/C8H10ClNO3S/c1-10-14(11,12)6-3-4-8(13-2)7(9)5-6/h3-5,10H,1-2H3. The van der Waals surface area contributed by atoms with Crippen molar-refractivity contribution in [1.29, 1.82) is 0 Å².